The third-order valence-corrected chi connectivity index (χ3v) is 11.0. The van der Waals surface area contributed by atoms with Crippen LogP contribution in [0.5, 0.6) is 0 Å². The molecular formula is C51H33N3. The van der Waals surface area contributed by atoms with Crippen LogP contribution in [0, 0.1) is 0 Å². The number of pyridine rings is 1. The molecule has 0 spiro atoms. The smallest absolute Gasteiger partial charge is 0.138 e. The number of rotatable bonds is 4. The van der Waals surface area contributed by atoms with E-state index >= 15 is 0 Å². The van der Waals surface area contributed by atoms with E-state index in [1.54, 1.807) is 0 Å². The molecule has 1 aliphatic rings. The summed E-state index contributed by atoms with van der Waals surface area (Å²) < 4.78 is 2.46. The lowest BCUT2D eigenvalue weighted by atomic mass is 9.90. The highest BCUT2D eigenvalue weighted by Gasteiger charge is 2.30. The molecule has 0 atom stereocenters. The van der Waals surface area contributed by atoms with Gasteiger partial charge in [0.05, 0.1) is 28.1 Å². The van der Waals surface area contributed by atoms with E-state index in [0.717, 1.165) is 39.4 Å². The summed E-state index contributed by atoms with van der Waals surface area (Å²) in [5.74, 6) is 0.871. The van der Waals surface area contributed by atoms with Crippen molar-refractivity contribution < 1.29 is 0 Å². The van der Waals surface area contributed by atoms with E-state index in [2.05, 4.69) is 204 Å². The fourth-order valence-corrected chi connectivity index (χ4v) is 8.65. The summed E-state index contributed by atoms with van der Waals surface area (Å²) in [6.07, 6.45) is 2.05. The van der Waals surface area contributed by atoms with Gasteiger partial charge in [-0.2, -0.15) is 0 Å². The van der Waals surface area contributed by atoms with Crippen LogP contribution in [0.1, 0.15) is 0 Å². The number of nitrogens with zero attached hydrogens (tertiary/aromatic N) is 3. The maximum absolute atomic E-state index is 5.27. The third-order valence-electron chi connectivity index (χ3n) is 11.0. The minimum atomic E-state index is 0.871. The summed E-state index contributed by atoms with van der Waals surface area (Å²) in [5.41, 5.74) is 15.1. The molecule has 252 valence electrons. The van der Waals surface area contributed by atoms with Crippen LogP contribution in [-0.4, -0.2) is 9.55 Å². The molecule has 0 bridgehead atoms. The first-order valence-corrected chi connectivity index (χ1v) is 18.5. The maximum Gasteiger partial charge on any atom is 0.138 e. The first kappa shape index (κ1) is 30.4. The van der Waals surface area contributed by atoms with Crippen molar-refractivity contribution in [2.75, 3.05) is 4.90 Å². The zero-order valence-electron chi connectivity index (χ0n) is 29.4. The predicted octanol–water partition coefficient (Wildman–Crippen LogP) is 13.8. The number of benzene rings is 8. The lowest BCUT2D eigenvalue weighted by molar-refractivity contribution is 1.19. The average Bonchev–Trinajstić information content (AvgIpc) is 3.52. The minimum Gasteiger partial charge on any atom is -0.309 e. The van der Waals surface area contributed by atoms with Gasteiger partial charge in [-0.1, -0.05) is 158 Å². The molecule has 1 aliphatic heterocycles. The molecule has 0 amide bonds. The first-order chi connectivity index (χ1) is 26.8. The second kappa shape index (κ2) is 12.2. The zero-order chi connectivity index (χ0) is 35.6. The Morgan fingerprint density at radius 3 is 1.76 bits per heavy atom. The van der Waals surface area contributed by atoms with Gasteiger partial charge in [0.1, 0.15) is 5.82 Å². The Balaban J connectivity index is 1.22. The van der Waals surface area contributed by atoms with E-state index in [-0.39, 0.29) is 0 Å². The standard InChI is InChI=1S/C51H33N3/c1-3-16-35(17-4-1)42-32-49(52-33-43(42)36-18-5-2-6-19-36)54-45-26-12-9-23-38(45)39-30-31-48-51(50(39)40-24-10-14-28-47(40)54)41-25-11-13-27-46(41)53(48)44-29-15-21-34-20-7-8-22-37(34)44/h1-33H. The molecule has 8 aromatic carbocycles. The van der Waals surface area contributed by atoms with Gasteiger partial charge in [-0.05, 0) is 64.0 Å². The highest BCUT2D eigenvalue weighted by molar-refractivity contribution is 6.22. The molecule has 0 fully saturated rings. The van der Waals surface area contributed by atoms with Gasteiger partial charge in [0.25, 0.3) is 0 Å². The topological polar surface area (TPSA) is 21.1 Å². The molecule has 2 aromatic heterocycles. The molecule has 3 heterocycles. The molecular weight excluding hydrogens is 655 g/mol. The number of hydrogen-bond donors (Lipinski definition) is 0. The lowest BCUT2D eigenvalue weighted by Crippen LogP contribution is -2.12. The number of fused-ring (bicyclic) bond motifs is 10. The van der Waals surface area contributed by atoms with Gasteiger partial charge in [-0.3, -0.25) is 4.90 Å². The van der Waals surface area contributed by atoms with Crippen molar-refractivity contribution in [2.45, 2.75) is 0 Å². The molecule has 11 rings (SSSR count). The van der Waals surface area contributed by atoms with Crippen molar-refractivity contribution in [1.82, 2.24) is 9.55 Å². The lowest BCUT2D eigenvalue weighted by Gasteiger charge is -2.27. The van der Waals surface area contributed by atoms with Gasteiger partial charge in [0, 0.05) is 44.6 Å². The summed E-state index contributed by atoms with van der Waals surface area (Å²) in [6.45, 7) is 0. The van der Waals surface area contributed by atoms with E-state index < -0.39 is 0 Å². The van der Waals surface area contributed by atoms with Crippen LogP contribution in [0.15, 0.2) is 200 Å². The van der Waals surface area contributed by atoms with Gasteiger partial charge in [-0.25, -0.2) is 4.98 Å². The Kier molecular flexibility index (Phi) is 6.86. The maximum atomic E-state index is 5.27. The van der Waals surface area contributed by atoms with Gasteiger partial charge < -0.3 is 4.57 Å². The quantitative estimate of drug-likeness (QED) is 0.184. The molecule has 3 heteroatoms. The van der Waals surface area contributed by atoms with Crippen molar-refractivity contribution in [1.29, 1.82) is 0 Å². The molecule has 0 saturated carbocycles. The monoisotopic (exact) mass is 687 g/mol. The number of hydrogen-bond acceptors (Lipinski definition) is 2. The summed E-state index contributed by atoms with van der Waals surface area (Å²) in [4.78, 5) is 7.64. The van der Waals surface area contributed by atoms with Crippen LogP contribution >= 0.6 is 0 Å². The van der Waals surface area contributed by atoms with Gasteiger partial charge >= 0.3 is 0 Å². The fourth-order valence-electron chi connectivity index (χ4n) is 8.65. The normalized spacial score (nSPS) is 12.0. The van der Waals surface area contributed by atoms with E-state index in [0.29, 0.717) is 0 Å². The summed E-state index contributed by atoms with van der Waals surface area (Å²) in [7, 11) is 0. The average molecular weight is 688 g/mol. The molecule has 3 nitrogen and oxygen atoms in total. The first-order valence-electron chi connectivity index (χ1n) is 18.5. The van der Waals surface area contributed by atoms with Gasteiger partial charge in [0.2, 0.25) is 0 Å². The number of aromatic nitrogens is 2. The molecule has 0 radical (unpaired) electrons. The Bertz CT molecular complexity index is 3050. The van der Waals surface area contributed by atoms with E-state index in [1.165, 1.54) is 60.5 Å². The van der Waals surface area contributed by atoms with Gasteiger partial charge in [0.15, 0.2) is 0 Å². The van der Waals surface area contributed by atoms with Crippen LogP contribution in [0.25, 0.3) is 82.8 Å². The van der Waals surface area contributed by atoms with Crippen molar-refractivity contribution in [3.8, 4) is 50.2 Å². The van der Waals surface area contributed by atoms with Crippen LogP contribution in [-0.2, 0) is 0 Å². The van der Waals surface area contributed by atoms with Crippen molar-refractivity contribution in [3.05, 3.63) is 200 Å². The fraction of sp³-hybridized carbons (Fsp3) is 0. The van der Waals surface area contributed by atoms with Gasteiger partial charge in [-0.15, -0.1) is 0 Å². The van der Waals surface area contributed by atoms with Crippen LogP contribution < -0.4 is 4.90 Å². The molecule has 0 aliphatic carbocycles. The highest BCUT2D eigenvalue weighted by atomic mass is 15.2. The third kappa shape index (κ3) is 4.59. The van der Waals surface area contributed by atoms with E-state index in [9.17, 15) is 0 Å². The van der Waals surface area contributed by atoms with E-state index in [4.69, 9.17) is 4.98 Å². The van der Waals surface area contributed by atoms with E-state index in [1.807, 2.05) is 6.20 Å². The molecule has 0 N–H and O–H groups in total. The minimum absolute atomic E-state index is 0.871. The zero-order valence-corrected chi connectivity index (χ0v) is 29.4. The van der Waals surface area contributed by atoms with Crippen LogP contribution in [0.2, 0.25) is 0 Å². The molecule has 0 unspecified atom stereocenters. The summed E-state index contributed by atoms with van der Waals surface area (Å²) in [6, 6.07) is 70.0. The molecule has 10 aromatic rings. The molecule has 0 saturated heterocycles. The Hall–Kier alpha value is -7.23. The summed E-state index contributed by atoms with van der Waals surface area (Å²) in [5, 5.41) is 4.94. The number of anilines is 3. The second-order valence-electron chi connectivity index (χ2n) is 13.9. The number of para-hydroxylation sites is 3. The highest BCUT2D eigenvalue weighted by Crippen LogP contribution is 2.54. The predicted molar refractivity (Wildman–Crippen MR) is 226 cm³/mol. The molecule has 54 heavy (non-hydrogen) atoms. The van der Waals surface area contributed by atoms with Crippen LogP contribution in [0.4, 0.5) is 17.2 Å². The Morgan fingerprint density at radius 1 is 0.370 bits per heavy atom. The van der Waals surface area contributed by atoms with Crippen molar-refractivity contribution >= 4 is 49.8 Å². The van der Waals surface area contributed by atoms with Crippen LogP contribution in [0.3, 0.4) is 0 Å². The van der Waals surface area contributed by atoms with Crippen molar-refractivity contribution in [2.24, 2.45) is 0 Å². The summed E-state index contributed by atoms with van der Waals surface area (Å²) >= 11 is 0. The van der Waals surface area contributed by atoms with Crippen molar-refractivity contribution in [3.63, 3.8) is 0 Å². The largest absolute Gasteiger partial charge is 0.309 e. The second-order valence-corrected chi connectivity index (χ2v) is 13.9. The Labute approximate surface area is 313 Å². The SMILES string of the molecule is c1ccc(-c2cnc(N3c4ccccc4-c4ccc5c(c4-c4ccccc43)c3ccccc3n5-c3cccc4ccccc34)cc2-c2ccccc2)cc1. The Morgan fingerprint density at radius 2 is 0.963 bits per heavy atom.